The van der Waals surface area contributed by atoms with Gasteiger partial charge < -0.3 is 14.2 Å². The number of benzene rings is 3. The molecule has 0 unspecified atom stereocenters. The first-order valence-electron chi connectivity index (χ1n) is 10.3. The average Bonchev–Trinajstić information content (AvgIpc) is 3.32. The van der Waals surface area contributed by atoms with Crippen LogP contribution >= 0.6 is 0 Å². The maximum Gasteiger partial charge on any atom is 0.329 e. The molecule has 164 valence electrons. The fourth-order valence-electron chi connectivity index (χ4n) is 3.81. The number of H-pyrrole nitrogens is 1. The number of hydrogen-bond donors (Lipinski definition) is 1. The van der Waals surface area contributed by atoms with Crippen LogP contribution in [0.1, 0.15) is 11.1 Å². The fraction of sp³-hybridized carbons (Fsp3) is 0.120. The minimum atomic E-state index is -0.512. The number of rotatable bonds is 5. The second kappa shape index (κ2) is 8.23. The van der Waals surface area contributed by atoms with Gasteiger partial charge in [-0.25, -0.2) is 4.79 Å². The Bertz CT molecular complexity index is 1600. The Labute approximate surface area is 188 Å². The highest BCUT2D eigenvalue weighted by atomic mass is 16.5. The van der Waals surface area contributed by atoms with Crippen LogP contribution < -0.4 is 16.0 Å². The van der Waals surface area contributed by atoms with Crippen LogP contribution in [0.25, 0.3) is 33.7 Å². The Morgan fingerprint density at radius 3 is 2.64 bits per heavy atom. The summed E-state index contributed by atoms with van der Waals surface area (Å²) in [6, 6.07) is 20.1. The van der Waals surface area contributed by atoms with Gasteiger partial charge in [0.15, 0.2) is 0 Å². The molecular weight excluding hydrogens is 420 g/mol. The molecule has 2 aromatic heterocycles. The summed E-state index contributed by atoms with van der Waals surface area (Å²) >= 11 is 0. The molecule has 0 radical (unpaired) electrons. The number of nitrogens with zero attached hydrogens (tertiary/aromatic N) is 3. The Balaban J connectivity index is 1.54. The summed E-state index contributed by atoms with van der Waals surface area (Å²) < 4.78 is 11.9. The smallest absolute Gasteiger partial charge is 0.329 e. The topological polar surface area (TPSA) is 103 Å². The van der Waals surface area contributed by atoms with E-state index in [0.717, 1.165) is 21.3 Å². The summed E-state index contributed by atoms with van der Waals surface area (Å²) in [5.41, 5.74) is 2.74. The van der Waals surface area contributed by atoms with Gasteiger partial charge in [0.2, 0.25) is 5.82 Å². The largest absolute Gasteiger partial charge is 0.496 e. The predicted molar refractivity (Wildman–Crippen MR) is 124 cm³/mol. The van der Waals surface area contributed by atoms with Crippen LogP contribution in [0.4, 0.5) is 0 Å². The third kappa shape index (κ3) is 3.71. The number of para-hydroxylation sites is 1. The molecule has 0 saturated carbocycles. The van der Waals surface area contributed by atoms with Crippen molar-refractivity contribution in [3.63, 3.8) is 0 Å². The van der Waals surface area contributed by atoms with Crippen molar-refractivity contribution in [1.29, 1.82) is 0 Å². The maximum atomic E-state index is 13.1. The molecule has 0 atom stereocenters. The molecule has 0 amide bonds. The number of nitrogens with one attached hydrogen (secondary N) is 1. The van der Waals surface area contributed by atoms with E-state index >= 15 is 0 Å². The van der Waals surface area contributed by atoms with E-state index in [-0.39, 0.29) is 6.54 Å². The lowest BCUT2D eigenvalue weighted by molar-refractivity contribution is 0.408. The summed E-state index contributed by atoms with van der Waals surface area (Å²) in [5.74, 6) is 1.39. The van der Waals surface area contributed by atoms with Crippen molar-refractivity contribution >= 4 is 10.9 Å². The van der Waals surface area contributed by atoms with Crippen molar-refractivity contribution in [2.24, 2.45) is 0 Å². The first-order chi connectivity index (χ1) is 16.0. The summed E-state index contributed by atoms with van der Waals surface area (Å²) in [5, 5.41) is 4.46. The van der Waals surface area contributed by atoms with Gasteiger partial charge in [-0.05, 0) is 36.8 Å². The second-order valence-electron chi connectivity index (χ2n) is 7.63. The van der Waals surface area contributed by atoms with Gasteiger partial charge in [-0.3, -0.25) is 9.36 Å². The molecular formula is C25H20N4O4. The fourth-order valence-corrected chi connectivity index (χ4v) is 3.81. The van der Waals surface area contributed by atoms with Gasteiger partial charge in [0, 0.05) is 16.7 Å². The lowest BCUT2D eigenvalue weighted by atomic mass is 10.1. The van der Waals surface area contributed by atoms with Crippen LogP contribution in [0.3, 0.4) is 0 Å². The Morgan fingerprint density at radius 2 is 1.82 bits per heavy atom. The molecule has 33 heavy (non-hydrogen) atoms. The molecule has 5 rings (SSSR count). The van der Waals surface area contributed by atoms with Crippen molar-refractivity contribution in [2.45, 2.75) is 13.5 Å². The zero-order valence-electron chi connectivity index (χ0n) is 18.0. The van der Waals surface area contributed by atoms with Crippen LogP contribution in [-0.4, -0.2) is 26.8 Å². The highest BCUT2D eigenvalue weighted by molar-refractivity contribution is 5.82. The molecule has 0 bridgehead atoms. The molecule has 0 aliphatic carbocycles. The third-order valence-corrected chi connectivity index (χ3v) is 5.56. The van der Waals surface area contributed by atoms with Crippen LogP contribution in [0.2, 0.25) is 0 Å². The first kappa shape index (κ1) is 20.4. The Hall–Kier alpha value is -4.46. The summed E-state index contributed by atoms with van der Waals surface area (Å²) in [7, 11) is 1.55. The van der Waals surface area contributed by atoms with E-state index < -0.39 is 11.2 Å². The Kier molecular flexibility index (Phi) is 5.10. The quantitative estimate of drug-likeness (QED) is 0.446. The van der Waals surface area contributed by atoms with Crippen molar-refractivity contribution in [2.75, 3.05) is 7.11 Å². The number of aromatic nitrogens is 4. The van der Waals surface area contributed by atoms with E-state index in [1.54, 1.807) is 31.4 Å². The summed E-state index contributed by atoms with van der Waals surface area (Å²) in [6.45, 7) is 2.07. The predicted octanol–water partition coefficient (Wildman–Crippen LogP) is 3.77. The van der Waals surface area contributed by atoms with Crippen molar-refractivity contribution in [3.8, 4) is 28.6 Å². The summed E-state index contributed by atoms with van der Waals surface area (Å²) in [6.07, 6.45) is 0. The van der Waals surface area contributed by atoms with E-state index in [1.807, 2.05) is 49.4 Å². The van der Waals surface area contributed by atoms with E-state index in [9.17, 15) is 9.59 Å². The van der Waals surface area contributed by atoms with Gasteiger partial charge in [-0.15, -0.1) is 0 Å². The minimum Gasteiger partial charge on any atom is -0.496 e. The second-order valence-corrected chi connectivity index (χ2v) is 7.63. The lowest BCUT2D eigenvalue weighted by Crippen LogP contribution is -2.35. The van der Waals surface area contributed by atoms with E-state index in [2.05, 4.69) is 15.1 Å². The molecule has 8 heteroatoms. The molecule has 0 fully saturated rings. The van der Waals surface area contributed by atoms with Gasteiger partial charge in [-0.2, -0.15) is 4.98 Å². The Morgan fingerprint density at radius 1 is 1.03 bits per heavy atom. The van der Waals surface area contributed by atoms with Crippen molar-refractivity contribution < 1.29 is 9.26 Å². The normalized spacial score (nSPS) is 11.1. The van der Waals surface area contributed by atoms with Gasteiger partial charge in [0.1, 0.15) is 5.75 Å². The van der Waals surface area contributed by atoms with E-state index in [0.29, 0.717) is 33.9 Å². The molecule has 0 saturated heterocycles. The van der Waals surface area contributed by atoms with Gasteiger partial charge >= 0.3 is 5.69 Å². The van der Waals surface area contributed by atoms with Crippen molar-refractivity contribution in [1.82, 2.24) is 19.7 Å². The van der Waals surface area contributed by atoms with Gasteiger partial charge in [0.25, 0.3) is 11.4 Å². The van der Waals surface area contributed by atoms with Crippen LogP contribution in [0.5, 0.6) is 5.75 Å². The number of aromatic amines is 1. The van der Waals surface area contributed by atoms with Crippen LogP contribution in [0, 0.1) is 6.92 Å². The number of methoxy groups -OCH3 is 1. The number of aryl methyl sites for hydroxylation is 1. The first-order valence-corrected chi connectivity index (χ1v) is 10.3. The van der Waals surface area contributed by atoms with Gasteiger partial charge in [-0.1, -0.05) is 47.6 Å². The molecule has 5 aromatic rings. The minimum absolute atomic E-state index is 0.0965. The molecule has 0 aliphatic heterocycles. The molecule has 2 heterocycles. The highest BCUT2D eigenvalue weighted by Gasteiger charge is 2.15. The average molecular weight is 440 g/mol. The lowest BCUT2D eigenvalue weighted by Gasteiger charge is -2.10. The molecule has 1 N–H and O–H groups in total. The third-order valence-electron chi connectivity index (χ3n) is 5.56. The van der Waals surface area contributed by atoms with Crippen molar-refractivity contribution in [3.05, 3.63) is 98.7 Å². The molecule has 3 aromatic carbocycles. The SMILES string of the molecule is COc1ccccc1Cn1c(=O)[nH]c2cc(-c3nc(-c4ccccc4C)no3)ccc2c1=O. The molecule has 0 aliphatic rings. The monoisotopic (exact) mass is 440 g/mol. The molecule has 8 nitrogen and oxygen atoms in total. The number of ether oxygens (including phenoxy) is 1. The number of fused-ring (bicyclic) bond motifs is 1. The molecule has 0 spiro atoms. The van der Waals surface area contributed by atoms with E-state index in [4.69, 9.17) is 9.26 Å². The summed E-state index contributed by atoms with van der Waals surface area (Å²) in [4.78, 5) is 33.1. The maximum absolute atomic E-state index is 13.1. The zero-order chi connectivity index (χ0) is 22.9. The van der Waals surface area contributed by atoms with Crippen LogP contribution in [-0.2, 0) is 6.54 Å². The van der Waals surface area contributed by atoms with Crippen LogP contribution in [0.15, 0.2) is 80.8 Å². The highest BCUT2D eigenvalue weighted by Crippen LogP contribution is 2.25. The number of hydrogen-bond acceptors (Lipinski definition) is 6. The standard InChI is InChI=1S/C25H20N4O4/c1-15-7-3-5-9-18(15)22-27-23(33-28-22)16-11-12-19-20(13-16)26-25(31)29(24(19)30)14-17-8-4-6-10-21(17)32-2/h3-13H,14H2,1-2H3,(H,26,31). The van der Waals surface area contributed by atoms with E-state index in [1.165, 1.54) is 0 Å². The van der Waals surface area contributed by atoms with Gasteiger partial charge in [0.05, 0.1) is 24.6 Å². The zero-order valence-corrected chi connectivity index (χ0v) is 18.0.